The van der Waals surface area contributed by atoms with Crippen molar-refractivity contribution in [2.24, 2.45) is 0 Å². The van der Waals surface area contributed by atoms with Gasteiger partial charge in [0.2, 0.25) is 0 Å². The second kappa shape index (κ2) is 8.84. The fraction of sp³-hybridized carbons (Fsp3) is 1.00. The first-order valence-electron chi connectivity index (χ1n) is 7.04. The monoisotopic (exact) mass is 278 g/mol. The van der Waals surface area contributed by atoms with Crippen LogP contribution in [0.5, 0.6) is 0 Å². The van der Waals surface area contributed by atoms with E-state index in [1.807, 2.05) is 0 Å². The van der Waals surface area contributed by atoms with Crippen LogP contribution >= 0.6 is 0 Å². The number of unbranched alkanes of at least 4 members (excludes halogenated alkanes) is 4. The van der Waals surface area contributed by atoms with Crippen LogP contribution in [0.15, 0.2) is 0 Å². The van der Waals surface area contributed by atoms with E-state index in [4.69, 9.17) is 14.6 Å². The Morgan fingerprint density at radius 2 is 1.63 bits per heavy atom. The van der Waals surface area contributed by atoms with Gasteiger partial charge in [-0.2, -0.15) is 0 Å². The predicted molar refractivity (Wildman–Crippen MR) is 68.5 cm³/mol. The summed E-state index contributed by atoms with van der Waals surface area (Å²) in [5, 5.41) is 37.9. The lowest BCUT2D eigenvalue weighted by atomic mass is 9.99. The van der Waals surface area contributed by atoms with Gasteiger partial charge in [0, 0.05) is 6.61 Å². The highest BCUT2D eigenvalue weighted by Gasteiger charge is 2.43. The lowest BCUT2D eigenvalue weighted by Crippen LogP contribution is -2.59. The van der Waals surface area contributed by atoms with Crippen molar-refractivity contribution in [3.05, 3.63) is 0 Å². The van der Waals surface area contributed by atoms with E-state index in [2.05, 4.69) is 6.92 Å². The maximum atomic E-state index is 9.72. The van der Waals surface area contributed by atoms with Crippen molar-refractivity contribution in [2.75, 3.05) is 13.2 Å². The zero-order valence-electron chi connectivity index (χ0n) is 11.4. The molecule has 19 heavy (non-hydrogen) atoms. The van der Waals surface area contributed by atoms with Crippen molar-refractivity contribution in [1.29, 1.82) is 0 Å². The summed E-state index contributed by atoms with van der Waals surface area (Å²) in [4.78, 5) is 0. The maximum absolute atomic E-state index is 9.72. The smallest absolute Gasteiger partial charge is 0.186 e. The Hall–Kier alpha value is -0.240. The van der Waals surface area contributed by atoms with Gasteiger partial charge in [0.25, 0.3) is 0 Å². The van der Waals surface area contributed by atoms with Gasteiger partial charge in [0.1, 0.15) is 24.4 Å². The molecule has 1 saturated heterocycles. The normalized spacial score (nSPS) is 35.5. The SMILES string of the molecule is CCCCCCCO[C@H]1O[C@@H](CO)[C@H](O)[C@@H](O)[C@@H]1O. The average molecular weight is 278 g/mol. The van der Waals surface area contributed by atoms with E-state index >= 15 is 0 Å². The van der Waals surface area contributed by atoms with Gasteiger partial charge in [0.15, 0.2) is 6.29 Å². The van der Waals surface area contributed by atoms with Crippen LogP contribution < -0.4 is 0 Å². The zero-order valence-corrected chi connectivity index (χ0v) is 11.4. The summed E-state index contributed by atoms with van der Waals surface area (Å²) in [6.07, 6.45) is -0.471. The van der Waals surface area contributed by atoms with Gasteiger partial charge in [0.05, 0.1) is 6.61 Å². The van der Waals surface area contributed by atoms with Crippen LogP contribution in [0, 0.1) is 0 Å². The summed E-state index contributed by atoms with van der Waals surface area (Å²) in [6, 6.07) is 0. The van der Waals surface area contributed by atoms with E-state index in [0.29, 0.717) is 6.61 Å². The number of ether oxygens (including phenoxy) is 2. The molecule has 0 bridgehead atoms. The van der Waals surface area contributed by atoms with Crippen molar-refractivity contribution < 1.29 is 29.9 Å². The quantitative estimate of drug-likeness (QED) is 0.458. The third-order valence-corrected chi connectivity index (χ3v) is 3.38. The lowest BCUT2D eigenvalue weighted by Gasteiger charge is -2.39. The van der Waals surface area contributed by atoms with Gasteiger partial charge in [-0.1, -0.05) is 32.6 Å². The summed E-state index contributed by atoms with van der Waals surface area (Å²) in [7, 11) is 0. The molecule has 114 valence electrons. The highest BCUT2D eigenvalue weighted by Crippen LogP contribution is 2.22. The Kier molecular flexibility index (Phi) is 7.82. The summed E-state index contributed by atoms with van der Waals surface area (Å²) in [6.45, 7) is 2.14. The Labute approximate surface area is 114 Å². The molecule has 6 nitrogen and oxygen atoms in total. The summed E-state index contributed by atoms with van der Waals surface area (Å²) < 4.78 is 10.6. The van der Waals surface area contributed by atoms with Gasteiger partial charge < -0.3 is 29.9 Å². The number of rotatable bonds is 8. The molecule has 0 radical (unpaired) electrons. The molecule has 1 fully saturated rings. The molecule has 1 heterocycles. The Morgan fingerprint density at radius 3 is 2.26 bits per heavy atom. The molecule has 0 amide bonds. The summed E-state index contributed by atoms with van der Waals surface area (Å²) in [5.74, 6) is 0. The van der Waals surface area contributed by atoms with Crippen molar-refractivity contribution in [3.63, 3.8) is 0 Å². The largest absolute Gasteiger partial charge is 0.394 e. The Morgan fingerprint density at radius 1 is 0.947 bits per heavy atom. The number of hydrogen-bond donors (Lipinski definition) is 4. The van der Waals surface area contributed by atoms with Crippen LogP contribution in [0.4, 0.5) is 0 Å². The van der Waals surface area contributed by atoms with Gasteiger partial charge in [-0.15, -0.1) is 0 Å². The average Bonchev–Trinajstić information content (AvgIpc) is 2.42. The molecule has 6 heteroatoms. The van der Waals surface area contributed by atoms with Crippen LogP contribution in [-0.4, -0.2) is 64.3 Å². The first-order valence-corrected chi connectivity index (χ1v) is 7.04. The van der Waals surface area contributed by atoms with Crippen molar-refractivity contribution in [1.82, 2.24) is 0 Å². The molecule has 1 rings (SSSR count). The van der Waals surface area contributed by atoms with E-state index in [9.17, 15) is 15.3 Å². The summed E-state index contributed by atoms with van der Waals surface area (Å²) >= 11 is 0. The predicted octanol–water partition coefficient (Wildman–Crippen LogP) is -0.227. The van der Waals surface area contributed by atoms with Crippen LogP contribution in [0.3, 0.4) is 0 Å². The van der Waals surface area contributed by atoms with E-state index in [-0.39, 0.29) is 0 Å². The lowest BCUT2D eigenvalue weighted by molar-refractivity contribution is -0.301. The third-order valence-electron chi connectivity index (χ3n) is 3.38. The van der Waals surface area contributed by atoms with Gasteiger partial charge in [-0.25, -0.2) is 0 Å². The fourth-order valence-corrected chi connectivity index (χ4v) is 2.11. The molecule has 0 aromatic carbocycles. The van der Waals surface area contributed by atoms with E-state index in [1.165, 1.54) is 12.8 Å². The summed E-state index contributed by atoms with van der Waals surface area (Å²) in [5.41, 5.74) is 0. The molecule has 0 aromatic rings. The number of aliphatic hydroxyl groups is 4. The molecule has 0 saturated carbocycles. The van der Waals surface area contributed by atoms with Gasteiger partial charge >= 0.3 is 0 Å². The second-order valence-corrected chi connectivity index (χ2v) is 4.98. The van der Waals surface area contributed by atoms with Gasteiger partial charge in [-0.3, -0.25) is 0 Å². The first kappa shape index (κ1) is 16.8. The Bertz CT molecular complexity index is 235. The van der Waals surface area contributed by atoms with Crippen molar-refractivity contribution in [3.8, 4) is 0 Å². The standard InChI is InChI=1S/C13H26O6/c1-2-3-4-5-6-7-18-13-12(17)11(16)10(15)9(8-14)19-13/h9-17H,2-8H2,1H3/t9-,10-,11+,12-,13-/m0/s1. The molecule has 0 aromatic heterocycles. The second-order valence-electron chi connectivity index (χ2n) is 4.98. The van der Waals surface area contributed by atoms with Crippen molar-refractivity contribution in [2.45, 2.75) is 69.7 Å². The minimum absolute atomic E-state index is 0.423. The molecule has 0 unspecified atom stereocenters. The highest BCUT2D eigenvalue weighted by molar-refractivity contribution is 4.88. The molecule has 0 spiro atoms. The van der Waals surface area contributed by atoms with E-state index < -0.39 is 37.3 Å². The van der Waals surface area contributed by atoms with Crippen LogP contribution in [0.1, 0.15) is 39.0 Å². The molecule has 1 aliphatic heterocycles. The molecule has 5 atom stereocenters. The van der Waals surface area contributed by atoms with Crippen molar-refractivity contribution >= 4 is 0 Å². The molecule has 1 aliphatic rings. The number of aliphatic hydroxyl groups excluding tert-OH is 4. The minimum atomic E-state index is -1.36. The topological polar surface area (TPSA) is 99.4 Å². The number of hydrogen-bond acceptors (Lipinski definition) is 6. The van der Waals surface area contributed by atoms with Crippen LogP contribution in [0.2, 0.25) is 0 Å². The third kappa shape index (κ3) is 4.98. The van der Waals surface area contributed by atoms with Crippen LogP contribution in [-0.2, 0) is 9.47 Å². The first-order chi connectivity index (χ1) is 9.11. The fourth-order valence-electron chi connectivity index (χ4n) is 2.11. The molecule has 4 N–H and O–H groups in total. The Balaban J connectivity index is 2.28. The minimum Gasteiger partial charge on any atom is -0.394 e. The highest BCUT2D eigenvalue weighted by atomic mass is 16.7. The molecular formula is C13H26O6. The van der Waals surface area contributed by atoms with Crippen LogP contribution in [0.25, 0.3) is 0 Å². The molecule has 0 aliphatic carbocycles. The maximum Gasteiger partial charge on any atom is 0.186 e. The van der Waals surface area contributed by atoms with Gasteiger partial charge in [-0.05, 0) is 6.42 Å². The zero-order chi connectivity index (χ0) is 14.3. The molecular weight excluding hydrogens is 252 g/mol. The van der Waals surface area contributed by atoms with E-state index in [0.717, 1.165) is 19.3 Å². The van der Waals surface area contributed by atoms with E-state index in [1.54, 1.807) is 0 Å².